The molecule has 142 valence electrons. The summed E-state index contributed by atoms with van der Waals surface area (Å²) in [6.45, 7) is 7.37. The Morgan fingerprint density at radius 1 is 1.22 bits per heavy atom. The standard InChI is InChI=1S/C20H25N5O2/c1-13(2)14(3)9-18(26)24-7-8-25(17-11-16(17)24)19(27)10-15-12-22-20-21-5-4-6-23(15)20/h4-6,9,12-13,16-17H,7-8,10-11H2,1-3H3/b14-9+. The maximum Gasteiger partial charge on any atom is 0.246 e. The van der Waals surface area contributed by atoms with Crippen molar-refractivity contribution in [2.75, 3.05) is 13.1 Å². The van der Waals surface area contributed by atoms with Crippen LogP contribution in [0.5, 0.6) is 0 Å². The molecule has 1 aliphatic carbocycles. The molecule has 1 aliphatic heterocycles. The molecule has 3 heterocycles. The Labute approximate surface area is 158 Å². The largest absolute Gasteiger partial charge is 0.335 e. The quantitative estimate of drug-likeness (QED) is 0.771. The third-order valence-corrected chi connectivity index (χ3v) is 5.67. The first-order valence-electron chi connectivity index (χ1n) is 9.51. The lowest BCUT2D eigenvalue weighted by Crippen LogP contribution is -2.50. The van der Waals surface area contributed by atoms with Crippen molar-refractivity contribution >= 4 is 17.6 Å². The van der Waals surface area contributed by atoms with Gasteiger partial charge in [0.15, 0.2) is 0 Å². The number of amides is 2. The Balaban J connectivity index is 1.41. The molecule has 4 rings (SSSR count). The molecule has 1 saturated carbocycles. The zero-order valence-electron chi connectivity index (χ0n) is 16.0. The molecule has 0 aromatic carbocycles. The van der Waals surface area contributed by atoms with E-state index >= 15 is 0 Å². The fourth-order valence-corrected chi connectivity index (χ4v) is 3.68. The zero-order chi connectivity index (χ0) is 19.1. The second-order valence-corrected chi connectivity index (χ2v) is 7.75. The van der Waals surface area contributed by atoms with Gasteiger partial charge in [0, 0.05) is 31.6 Å². The average molecular weight is 367 g/mol. The van der Waals surface area contributed by atoms with E-state index < -0.39 is 0 Å². The highest BCUT2D eigenvalue weighted by atomic mass is 16.2. The maximum atomic E-state index is 12.8. The number of carbonyl (C=O) groups is 2. The van der Waals surface area contributed by atoms with Gasteiger partial charge in [-0.2, -0.15) is 0 Å². The number of hydrogen-bond acceptors (Lipinski definition) is 4. The molecule has 2 atom stereocenters. The van der Waals surface area contributed by atoms with Gasteiger partial charge in [0.25, 0.3) is 0 Å². The zero-order valence-corrected chi connectivity index (χ0v) is 16.0. The van der Waals surface area contributed by atoms with Crippen molar-refractivity contribution in [3.05, 3.63) is 42.0 Å². The summed E-state index contributed by atoms with van der Waals surface area (Å²) in [7, 11) is 0. The monoisotopic (exact) mass is 367 g/mol. The van der Waals surface area contributed by atoms with Crippen LogP contribution >= 0.6 is 0 Å². The lowest BCUT2D eigenvalue weighted by molar-refractivity contribution is -0.137. The molecule has 2 fully saturated rings. The summed E-state index contributed by atoms with van der Waals surface area (Å²) in [6.07, 6.45) is 8.20. The van der Waals surface area contributed by atoms with E-state index in [1.807, 2.05) is 33.4 Å². The average Bonchev–Trinajstić information content (AvgIpc) is 3.35. The number of imidazole rings is 1. The fourth-order valence-electron chi connectivity index (χ4n) is 3.68. The van der Waals surface area contributed by atoms with Crippen LogP contribution in [0.15, 0.2) is 36.3 Å². The van der Waals surface area contributed by atoms with E-state index in [0.717, 1.165) is 17.7 Å². The summed E-state index contributed by atoms with van der Waals surface area (Å²) in [4.78, 5) is 37.7. The van der Waals surface area contributed by atoms with E-state index in [1.165, 1.54) is 0 Å². The predicted molar refractivity (Wildman–Crippen MR) is 101 cm³/mol. The Bertz CT molecular complexity index is 916. The van der Waals surface area contributed by atoms with Crippen molar-refractivity contribution in [3.63, 3.8) is 0 Å². The minimum Gasteiger partial charge on any atom is -0.335 e. The van der Waals surface area contributed by atoms with E-state index in [9.17, 15) is 9.59 Å². The lowest BCUT2D eigenvalue weighted by Gasteiger charge is -2.34. The first-order valence-corrected chi connectivity index (χ1v) is 9.51. The van der Waals surface area contributed by atoms with Crippen LogP contribution in [0.1, 0.15) is 32.9 Å². The van der Waals surface area contributed by atoms with Gasteiger partial charge < -0.3 is 9.80 Å². The number of piperazine rings is 1. The van der Waals surface area contributed by atoms with E-state index in [1.54, 1.807) is 18.5 Å². The number of fused-ring (bicyclic) bond motifs is 2. The van der Waals surface area contributed by atoms with Crippen LogP contribution in [0.3, 0.4) is 0 Å². The molecule has 0 radical (unpaired) electrons. The van der Waals surface area contributed by atoms with Gasteiger partial charge >= 0.3 is 0 Å². The van der Waals surface area contributed by atoms with Crippen LogP contribution < -0.4 is 0 Å². The van der Waals surface area contributed by atoms with Crippen molar-refractivity contribution in [1.82, 2.24) is 24.2 Å². The predicted octanol–water partition coefficient (Wildman–Crippen LogP) is 1.69. The van der Waals surface area contributed by atoms with Gasteiger partial charge in [-0.05, 0) is 25.3 Å². The molecular weight excluding hydrogens is 342 g/mol. The summed E-state index contributed by atoms with van der Waals surface area (Å²) < 4.78 is 1.85. The Morgan fingerprint density at radius 3 is 2.74 bits per heavy atom. The van der Waals surface area contributed by atoms with Crippen LogP contribution in [0.2, 0.25) is 0 Å². The molecule has 2 aromatic rings. The number of aromatic nitrogens is 3. The molecule has 2 aliphatic rings. The number of carbonyl (C=O) groups excluding carboxylic acids is 2. The van der Waals surface area contributed by atoms with Crippen LogP contribution in [-0.2, 0) is 16.0 Å². The van der Waals surface area contributed by atoms with Crippen LogP contribution in [0, 0.1) is 5.92 Å². The second kappa shape index (κ2) is 6.79. The molecule has 1 saturated heterocycles. The van der Waals surface area contributed by atoms with Crippen molar-refractivity contribution in [2.45, 2.75) is 45.7 Å². The molecule has 0 N–H and O–H groups in total. The maximum absolute atomic E-state index is 12.8. The van der Waals surface area contributed by atoms with E-state index in [4.69, 9.17) is 0 Å². The van der Waals surface area contributed by atoms with Gasteiger partial charge in [0.1, 0.15) is 0 Å². The van der Waals surface area contributed by atoms with Gasteiger partial charge in [-0.15, -0.1) is 0 Å². The van der Waals surface area contributed by atoms with Crippen LogP contribution in [0.4, 0.5) is 0 Å². The van der Waals surface area contributed by atoms with Gasteiger partial charge in [-0.1, -0.05) is 19.4 Å². The minimum atomic E-state index is 0.0775. The number of rotatable bonds is 4. The SMILES string of the molecule is C/C(=C\C(=O)N1CCN(C(=O)Cc2cnc3ncccn23)C2CC21)C(C)C. The molecule has 0 bridgehead atoms. The molecule has 7 nitrogen and oxygen atoms in total. The summed E-state index contributed by atoms with van der Waals surface area (Å²) >= 11 is 0. The van der Waals surface area contributed by atoms with Gasteiger partial charge in [-0.25, -0.2) is 9.97 Å². The highest BCUT2D eigenvalue weighted by Gasteiger charge is 2.51. The fraction of sp³-hybridized carbons (Fsp3) is 0.500. The summed E-state index contributed by atoms with van der Waals surface area (Å²) in [5.41, 5.74) is 1.94. The topological polar surface area (TPSA) is 70.8 Å². The smallest absolute Gasteiger partial charge is 0.246 e. The molecule has 2 amide bonds. The van der Waals surface area contributed by atoms with Gasteiger partial charge in [0.05, 0.1) is 30.4 Å². The van der Waals surface area contributed by atoms with Crippen molar-refractivity contribution < 1.29 is 9.59 Å². The van der Waals surface area contributed by atoms with Gasteiger partial charge in [0.2, 0.25) is 17.6 Å². The number of hydrogen-bond donors (Lipinski definition) is 0. The normalized spacial score (nSPS) is 22.3. The molecule has 27 heavy (non-hydrogen) atoms. The van der Waals surface area contributed by atoms with Crippen molar-refractivity contribution in [3.8, 4) is 0 Å². The first kappa shape index (κ1) is 17.7. The summed E-state index contributed by atoms with van der Waals surface area (Å²) in [6, 6.07) is 2.15. The highest BCUT2D eigenvalue weighted by Crippen LogP contribution is 2.37. The van der Waals surface area contributed by atoms with E-state index in [0.29, 0.717) is 31.2 Å². The molecular formula is C20H25N5O2. The Hall–Kier alpha value is -2.70. The number of allylic oxidation sites excluding steroid dienone is 1. The summed E-state index contributed by atoms with van der Waals surface area (Å²) in [5, 5.41) is 0. The number of nitrogens with zero attached hydrogens (tertiary/aromatic N) is 5. The van der Waals surface area contributed by atoms with Crippen molar-refractivity contribution in [2.24, 2.45) is 5.92 Å². The third-order valence-electron chi connectivity index (χ3n) is 5.67. The van der Waals surface area contributed by atoms with Crippen LogP contribution in [0.25, 0.3) is 5.78 Å². The molecule has 2 aromatic heterocycles. The molecule has 0 spiro atoms. The molecule has 7 heteroatoms. The lowest BCUT2D eigenvalue weighted by atomic mass is 10.0. The van der Waals surface area contributed by atoms with E-state index in [-0.39, 0.29) is 23.9 Å². The summed E-state index contributed by atoms with van der Waals surface area (Å²) in [5.74, 6) is 1.14. The van der Waals surface area contributed by atoms with Gasteiger partial charge in [-0.3, -0.25) is 14.0 Å². The first-order chi connectivity index (χ1) is 13.0. The minimum absolute atomic E-state index is 0.0775. The Morgan fingerprint density at radius 2 is 1.96 bits per heavy atom. The van der Waals surface area contributed by atoms with Crippen molar-refractivity contribution in [1.29, 1.82) is 0 Å². The Kier molecular flexibility index (Phi) is 4.45. The van der Waals surface area contributed by atoms with E-state index in [2.05, 4.69) is 23.8 Å². The third kappa shape index (κ3) is 3.34. The van der Waals surface area contributed by atoms with Crippen LogP contribution in [-0.4, -0.2) is 61.2 Å². The second-order valence-electron chi connectivity index (χ2n) is 7.75. The molecule has 2 unspecified atom stereocenters. The highest BCUT2D eigenvalue weighted by molar-refractivity contribution is 5.89.